The standard InChI is InChI=1S/C13H16Cl2N2O3/c1-13(2)11(16-3)6-12(13)20-10-5-8(15)7(14)4-9(10)17(18)19/h4-5,11-12,16H,6H2,1-3H3. The third kappa shape index (κ3) is 2.57. The second kappa shape index (κ2) is 5.39. The van der Waals surface area contributed by atoms with Crippen LogP contribution < -0.4 is 10.1 Å². The molecule has 1 aliphatic carbocycles. The molecule has 5 nitrogen and oxygen atoms in total. The molecule has 1 aromatic carbocycles. The minimum atomic E-state index is -0.515. The smallest absolute Gasteiger partial charge is 0.312 e. The number of rotatable bonds is 4. The Labute approximate surface area is 127 Å². The van der Waals surface area contributed by atoms with Gasteiger partial charge in [0.1, 0.15) is 6.10 Å². The van der Waals surface area contributed by atoms with Crippen LogP contribution in [0.4, 0.5) is 5.69 Å². The molecule has 0 aromatic heterocycles. The van der Waals surface area contributed by atoms with E-state index in [1.807, 2.05) is 7.05 Å². The lowest BCUT2D eigenvalue weighted by Crippen LogP contribution is -2.61. The highest BCUT2D eigenvalue weighted by Gasteiger charge is 2.49. The third-order valence-corrected chi connectivity index (χ3v) is 4.72. The molecule has 0 heterocycles. The fourth-order valence-corrected chi connectivity index (χ4v) is 2.80. The number of nitro groups is 1. The molecule has 0 aliphatic heterocycles. The highest BCUT2D eigenvalue weighted by Crippen LogP contribution is 2.45. The summed E-state index contributed by atoms with van der Waals surface area (Å²) in [5, 5.41) is 14.7. The highest BCUT2D eigenvalue weighted by atomic mass is 35.5. The van der Waals surface area contributed by atoms with Gasteiger partial charge in [0.2, 0.25) is 0 Å². The van der Waals surface area contributed by atoms with Crippen molar-refractivity contribution in [1.82, 2.24) is 5.32 Å². The number of nitrogens with zero attached hydrogens (tertiary/aromatic N) is 1. The van der Waals surface area contributed by atoms with E-state index < -0.39 is 4.92 Å². The van der Waals surface area contributed by atoms with E-state index in [9.17, 15) is 10.1 Å². The van der Waals surface area contributed by atoms with E-state index in [-0.39, 0.29) is 33.0 Å². The maximum absolute atomic E-state index is 11.1. The lowest BCUT2D eigenvalue weighted by Gasteiger charge is -2.51. The number of hydrogen-bond acceptors (Lipinski definition) is 4. The van der Waals surface area contributed by atoms with Gasteiger partial charge in [-0.3, -0.25) is 10.1 Å². The van der Waals surface area contributed by atoms with E-state index in [0.29, 0.717) is 6.04 Å². The molecule has 1 aromatic rings. The summed E-state index contributed by atoms with van der Waals surface area (Å²) in [7, 11) is 1.89. The van der Waals surface area contributed by atoms with Crippen molar-refractivity contribution < 1.29 is 9.66 Å². The quantitative estimate of drug-likeness (QED) is 0.679. The first kappa shape index (κ1) is 15.4. The SMILES string of the molecule is CNC1CC(Oc2cc(Cl)c(Cl)cc2[N+](=O)[O-])C1(C)C. The topological polar surface area (TPSA) is 64.4 Å². The molecule has 110 valence electrons. The average Bonchev–Trinajstić information content (AvgIpc) is 2.37. The monoisotopic (exact) mass is 318 g/mol. The van der Waals surface area contributed by atoms with Crippen molar-refractivity contribution in [3.05, 3.63) is 32.3 Å². The third-order valence-electron chi connectivity index (χ3n) is 3.99. The summed E-state index contributed by atoms with van der Waals surface area (Å²) in [6.45, 7) is 4.12. The van der Waals surface area contributed by atoms with Crippen LogP contribution in [0.2, 0.25) is 10.0 Å². The number of nitro benzene ring substituents is 1. The fourth-order valence-electron chi connectivity index (χ4n) is 2.48. The summed E-state index contributed by atoms with van der Waals surface area (Å²) in [6.07, 6.45) is 0.692. The molecular weight excluding hydrogens is 303 g/mol. The zero-order chi connectivity index (χ0) is 15.1. The van der Waals surface area contributed by atoms with Gasteiger partial charge in [-0.1, -0.05) is 37.0 Å². The lowest BCUT2D eigenvalue weighted by molar-refractivity contribution is -0.386. The molecule has 1 aliphatic rings. The Kier molecular flexibility index (Phi) is 4.14. The van der Waals surface area contributed by atoms with Crippen LogP contribution >= 0.6 is 23.2 Å². The summed E-state index contributed by atoms with van der Waals surface area (Å²) in [5.74, 6) is 0.164. The van der Waals surface area contributed by atoms with E-state index in [0.717, 1.165) is 6.42 Å². The van der Waals surface area contributed by atoms with Crippen LogP contribution in [-0.4, -0.2) is 24.1 Å². The molecule has 1 saturated carbocycles. The first-order valence-electron chi connectivity index (χ1n) is 6.24. The van der Waals surface area contributed by atoms with Gasteiger partial charge in [0, 0.05) is 30.0 Å². The van der Waals surface area contributed by atoms with Crippen molar-refractivity contribution >= 4 is 28.9 Å². The Bertz CT molecular complexity index is 549. The maximum Gasteiger partial charge on any atom is 0.312 e. The number of benzene rings is 1. The number of hydrogen-bond donors (Lipinski definition) is 1. The average molecular weight is 319 g/mol. The van der Waals surface area contributed by atoms with Crippen LogP contribution in [0.5, 0.6) is 5.75 Å². The van der Waals surface area contributed by atoms with Crippen LogP contribution in [-0.2, 0) is 0 Å². The van der Waals surface area contributed by atoms with Crippen molar-refractivity contribution in [2.75, 3.05) is 7.05 Å². The van der Waals surface area contributed by atoms with Crippen molar-refractivity contribution in [2.24, 2.45) is 5.41 Å². The Hall–Kier alpha value is -1.04. The van der Waals surface area contributed by atoms with Gasteiger partial charge in [0.15, 0.2) is 5.75 Å². The molecular formula is C13H16Cl2N2O3. The van der Waals surface area contributed by atoms with Crippen LogP contribution in [0.3, 0.4) is 0 Å². The van der Waals surface area contributed by atoms with E-state index >= 15 is 0 Å². The number of nitrogens with one attached hydrogen (secondary N) is 1. The molecule has 1 N–H and O–H groups in total. The van der Waals surface area contributed by atoms with Gasteiger partial charge in [-0.25, -0.2) is 0 Å². The summed E-state index contributed by atoms with van der Waals surface area (Å²) < 4.78 is 5.80. The number of halogens is 2. The van der Waals surface area contributed by atoms with Gasteiger partial charge < -0.3 is 10.1 Å². The first-order chi connectivity index (χ1) is 9.27. The zero-order valence-electron chi connectivity index (χ0n) is 11.4. The summed E-state index contributed by atoms with van der Waals surface area (Å²) in [6, 6.07) is 2.96. The summed E-state index contributed by atoms with van der Waals surface area (Å²) in [4.78, 5) is 10.6. The van der Waals surface area contributed by atoms with E-state index in [2.05, 4.69) is 19.2 Å². The Balaban J connectivity index is 2.26. The lowest BCUT2D eigenvalue weighted by atomic mass is 9.64. The minimum absolute atomic E-state index is 0.101. The molecule has 2 unspecified atom stereocenters. The van der Waals surface area contributed by atoms with Crippen LogP contribution in [0.25, 0.3) is 0 Å². The maximum atomic E-state index is 11.1. The summed E-state index contributed by atoms with van der Waals surface area (Å²) >= 11 is 11.7. The Morgan fingerprint density at radius 3 is 2.50 bits per heavy atom. The molecule has 0 bridgehead atoms. The highest BCUT2D eigenvalue weighted by molar-refractivity contribution is 6.42. The molecule has 0 amide bonds. The largest absolute Gasteiger partial charge is 0.483 e. The predicted octanol–water partition coefficient (Wildman–Crippen LogP) is 3.67. The zero-order valence-corrected chi connectivity index (χ0v) is 13.0. The second-order valence-electron chi connectivity index (χ2n) is 5.50. The molecule has 0 radical (unpaired) electrons. The van der Waals surface area contributed by atoms with Crippen LogP contribution in [0.1, 0.15) is 20.3 Å². The van der Waals surface area contributed by atoms with Crippen molar-refractivity contribution in [3.8, 4) is 5.75 Å². The van der Waals surface area contributed by atoms with E-state index in [1.54, 1.807) is 0 Å². The second-order valence-corrected chi connectivity index (χ2v) is 6.31. The predicted molar refractivity (Wildman–Crippen MR) is 78.8 cm³/mol. The van der Waals surface area contributed by atoms with Crippen LogP contribution in [0, 0.1) is 15.5 Å². The van der Waals surface area contributed by atoms with Gasteiger partial charge in [0.25, 0.3) is 0 Å². The van der Waals surface area contributed by atoms with E-state index in [1.165, 1.54) is 12.1 Å². The first-order valence-corrected chi connectivity index (χ1v) is 7.00. The van der Waals surface area contributed by atoms with Crippen LogP contribution in [0.15, 0.2) is 12.1 Å². The van der Waals surface area contributed by atoms with Gasteiger partial charge >= 0.3 is 5.69 Å². The molecule has 0 saturated heterocycles. The van der Waals surface area contributed by atoms with Crippen molar-refractivity contribution in [2.45, 2.75) is 32.4 Å². The summed E-state index contributed by atoms with van der Waals surface area (Å²) in [5.41, 5.74) is -0.266. The number of ether oxygens (including phenoxy) is 1. The Morgan fingerprint density at radius 1 is 1.40 bits per heavy atom. The van der Waals surface area contributed by atoms with Gasteiger partial charge in [-0.2, -0.15) is 0 Å². The van der Waals surface area contributed by atoms with Crippen molar-refractivity contribution in [1.29, 1.82) is 0 Å². The fraction of sp³-hybridized carbons (Fsp3) is 0.538. The molecule has 0 spiro atoms. The molecule has 2 rings (SSSR count). The molecule has 2 atom stereocenters. The van der Waals surface area contributed by atoms with Gasteiger partial charge in [-0.15, -0.1) is 0 Å². The van der Waals surface area contributed by atoms with Crippen molar-refractivity contribution in [3.63, 3.8) is 0 Å². The molecule has 1 fully saturated rings. The minimum Gasteiger partial charge on any atom is -0.483 e. The van der Waals surface area contributed by atoms with Gasteiger partial charge in [0.05, 0.1) is 15.0 Å². The molecule has 7 heteroatoms. The molecule has 20 heavy (non-hydrogen) atoms. The van der Waals surface area contributed by atoms with E-state index in [4.69, 9.17) is 27.9 Å². The normalized spacial score (nSPS) is 24.1. The van der Waals surface area contributed by atoms with Gasteiger partial charge in [-0.05, 0) is 7.05 Å². The Morgan fingerprint density at radius 2 is 2.00 bits per heavy atom.